The van der Waals surface area contributed by atoms with E-state index in [-0.39, 0.29) is 55.3 Å². The number of urea groups is 1. The summed E-state index contributed by atoms with van der Waals surface area (Å²) in [5.41, 5.74) is 3.19. The lowest BCUT2D eigenvalue weighted by Crippen LogP contribution is -2.49. The molecule has 2 heterocycles. The molecule has 1 aromatic heterocycles. The summed E-state index contributed by atoms with van der Waals surface area (Å²) in [6.07, 6.45) is 1.81. The number of aromatic nitrogens is 1. The molecule has 0 spiro atoms. The van der Waals surface area contributed by atoms with Crippen molar-refractivity contribution in [2.24, 2.45) is 13.0 Å². The second-order valence-corrected chi connectivity index (χ2v) is 11.7. The largest absolute Gasteiger partial charge is 0.488 e. The fraction of sp³-hybridized carbons (Fsp3) is 0.469. The van der Waals surface area contributed by atoms with Crippen molar-refractivity contribution in [1.82, 2.24) is 19.7 Å². The summed E-state index contributed by atoms with van der Waals surface area (Å²) in [5.74, 6) is 0.0900. The number of amides is 4. The van der Waals surface area contributed by atoms with E-state index in [0.29, 0.717) is 30.1 Å². The van der Waals surface area contributed by atoms with Crippen LogP contribution in [0.25, 0.3) is 10.9 Å². The van der Waals surface area contributed by atoms with Crippen molar-refractivity contribution < 1.29 is 24.2 Å². The van der Waals surface area contributed by atoms with Crippen LogP contribution >= 0.6 is 0 Å². The molecule has 4 amide bonds. The topological polar surface area (TPSA) is 116 Å². The first-order chi connectivity index (χ1) is 20.0. The standard InChI is InChI=1S/C32H43N5O5/c1-20(2)33-32(41)36(6)18-29-21(3)16-37(22(4)19-38)31(40)15-23-13-25(11-12-28(23)42-29)34-30(39)14-24-17-35(5)27-10-8-7-9-26(24)27/h7-13,17,20-22,29,38H,14-16,18-19H2,1-6H3,(H,33,41)(H,34,39)/t21-,22-,29-/m1/s1. The average molecular weight is 578 g/mol. The zero-order valence-electron chi connectivity index (χ0n) is 25.4. The van der Waals surface area contributed by atoms with Gasteiger partial charge in [-0.05, 0) is 50.6 Å². The molecule has 0 unspecified atom stereocenters. The quantitative estimate of drug-likeness (QED) is 0.379. The summed E-state index contributed by atoms with van der Waals surface area (Å²) in [5, 5.41) is 16.8. The maximum atomic E-state index is 13.5. The minimum absolute atomic E-state index is 0.00712. The lowest BCUT2D eigenvalue weighted by molar-refractivity contribution is -0.134. The van der Waals surface area contributed by atoms with Gasteiger partial charge in [0, 0.05) is 61.0 Å². The van der Waals surface area contributed by atoms with E-state index in [1.54, 1.807) is 35.0 Å². The number of rotatable bonds is 8. The van der Waals surface area contributed by atoms with E-state index in [1.165, 1.54) is 0 Å². The van der Waals surface area contributed by atoms with Crippen LogP contribution in [-0.2, 0) is 29.5 Å². The van der Waals surface area contributed by atoms with Gasteiger partial charge in [0.05, 0.1) is 32.0 Å². The SMILES string of the molecule is CC(C)NC(=O)N(C)C[C@H]1Oc2ccc(NC(=O)Cc3cn(C)c4ccccc34)cc2CC(=O)N([C@H](C)CO)C[C@H]1C. The predicted molar refractivity (Wildman–Crippen MR) is 164 cm³/mol. The molecule has 0 saturated carbocycles. The molecule has 42 heavy (non-hydrogen) atoms. The monoisotopic (exact) mass is 577 g/mol. The van der Waals surface area contributed by atoms with Crippen LogP contribution in [0.5, 0.6) is 5.75 Å². The van der Waals surface area contributed by atoms with Gasteiger partial charge in [0.25, 0.3) is 0 Å². The molecule has 10 heteroatoms. The van der Waals surface area contributed by atoms with Crippen molar-refractivity contribution in [1.29, 1.82) is 0 Å². The Morgan fingerprint density at radius 1 is 1.17 bits per heavy atom. The molecular weight excluding hydrogens is 534 g/mol. The Balaban J connectivity index is 1.58. The molecule has 10 nitrogen and oxygen atoms in total. The summed E-state index contributed by atoms with van der Waals surface area (Å²) >= 11 is 0. The summed E-state index contributed by atoms with van der Waals surface area (Å²) in [6, 6.07) is 12.7. The van der Waals surface area contributed by atoms with E-state index in [4.69, 9.17) is 4.74 Å². The molecule has 3 N–H and O–H groups in total. The summed E-state index contributed by atoms with van der Waals surface area (Å²) in [7, 11) is 3.68. The highest BCUT2D eigenvalue weighted by Crippen LogP contribution is 2.29. The lowest BCUT2D eigenvalue weighted by Gasteiger charge is -2.34. The zero-order chi connectivity index (χ0) is 30.6. The summed E-state index contributed by atoms with van der Waals surface area (Å²) in [6.45, 7) is 8.10. The van der Waals surface area contributed by atoms with E-state index < -0.39 is 6.10 Å². The second kappa shape index (κ2) is 13.3. The van der Waals surface area contributed by atoms with E-state index in [2.05, 4.69) is 10.6 Å². The molecule has 226 valence electrons. The number of fused-ring (bicyclic) bond motifs is 2. The molecule has 4 rings (SSSR count). The van der Waals surface area contributed by atoms with Crippen molar-refractivity contribution in [3.8, 4) is 5.75 Å². The number of nitrogens with zero attached hydrogens (tertiary/aromatic N) is 3. The number of likely N-dealkylation sites (N-methyl/N-ethyl adjacent to an activating group) is 1. The Morgan fingerprint density at radius 3 is 2.62 bits per heavy atom. The predicted octanol–water partition coefficient (Wildman–Crippen LogP) is 3.56. The van der Waals surface area contributed by atoms with E-state index in [0.717, 1.165) is 16.5 Å². The minimum atomic E-state index is -0.419. The molecule has 0 fully saturated rings. The van der Waals surface area contributed by atoms with Crippen molar-refractivity contribution in [2.45, 2.75) is 58.7 Å². The van der Waals surface area contributed by atoms with Crippen molar-refractivity contribution >= 4 is 34.4 Å². The number of hydrogen-bond donors (Lipinski definition) is 3. The Kier molecular flexibility index (Phi) is 9.78. The number of benzene rings is 2. The van der Waals surface area contributed by atoms with Crippen LogP contribution in [0, 0.1) is 5.92 Å². The first kappa shape index (κ1) is 30.9. The molecule has 3 atom stereocenters. The Hall–Kier alpha value is -4.05. The van der Waals surface area contributed by atoms with Crippen LogP contribution in [0.15, 0.2) is 48.7 Å². The number of ether oxygens (including phenoxy) is 1. The zero-order valence-corrected chi connectivity index (χ0v) is 25.4. The number of aliphatic hydroxyl groups is 1. The number of carbonyl (C=O) groups is 3. The third kappa shape index (κ3) is 7.23. The Labute approximate surface area is 247 Å². The number of nitrogens with one attached hydrogen (secondary N) is 2. The number of aliphatic hydroxyl groups excluding tert-OH is 1. The number of hydrogen-bond acceptors (Lipinski definition) is 5. The second-order valence-electron chi connectivity index (χ2n) is 11.7. The molecular formula is C32H43N5O5. The molecule has 0 radical (unpaired) electrons. The van der Waals surface area contributed by atoms with Gasteiger partial charge < -0.3 is 34.8 Å². The maximum Gasteiger partial charge on any atom is 0.317 e. The van der Waals surface area contributed by atoms with Gasteiger partial charge in [-0.3, -0.25) is 9.59 Å². The molecule has 0 saturated heterocycles. The molecule has 1 aliphatic heterocycles. The fourth-order valence-electron chi connectivity index (χ4n) is 5.38. The highest BCUT2D eigenvalue weighted by molar-refractivity contribution is 5.96. The highest BCUT2D eigenvalue weighted by atomic mass is 16.5. The van der Waals surface area contributed by atoms with Crippen molar-refractivity contribution in [3.63, 3.8) is 0 Å². The first-order valence-corrected chi connectivity index (χ1v) is 14.5. The van der Waals surface area contributed by atoms with Gasteiger partial charge in [-0.1, -0.05) is 25.1 Å². The van der Waals surface area contributed by atoms with E-state index >= 15 is 0 Å². The Morgan fingerprint density at radius 2 is 1.90 bits per heavy atom. The molecule has 2 aromatic carbocycles. The van der Waals surface area contributed by atoms with Gasteiger partial charge in [-0.2, -0.15) is 0 Å². The van der Waals surface area contributed by atoms with Crippen LogP contribution in [0.4, 0.5) is 10.5 Å². The van der Waals surface area contributed by atoms with E-state index in [9.17, 15) is 19.5 Å². The van der Waals surface area contributed by atoms with Crippen molar-refractivity contribution in [3.05, 3.63) is 59.8 Å². The van der Waals surface area contributed by atoms with Gasteiger partial charge in [0.1, 0.15) is 11.9 Å². The average Bonchev–Trinajstić information content (AvgIpc) is 3.27. The number of aryl methyl sites for hydroxylation is 1. The Bertz CT molecular complexity index is 1430. The highest BCUT2D eigenvalue weighted by Gasteiger charge is 2.32. The molecule has 1 aliphatic rings. The van der Waals surface area contributed by atoms with Crippen LogP contribution in [0.1, 0.15) is 38.8 Å². The lowest BCUT2D eigenvalue weighted by atomic mass is 10.0. The summed E-state index contributed by atoms with van der Waals surface area (Å²) in [4.78, 5) is 42.5. The minimum Gasteiger partial charge on any atom is -0.488 e. The van der Waals surface area contributed by atoms with Gasteiger partial charge in [0.15, 0.2) is 0 Å². The summed E-state index contributed by atoms with van der Waals surface area (Å²) < 4.78 is 8.50. The maximum absolute atomic E-state index is 13.5. The van der Waals surface area contributed by atoms with Gasteiger partial charge >= 0.3 is 6.03 Å². The number of carbonyl (C=O) groups excluding carboxylic acids is 3. The van der Waals surface area contributed by atoms with Crippen LogP contribution in [-0.4, -0.2) is 82.3 Å². The van der Waals surface area contributed by atoms with Crippen LogP contribution < -0.4 is 15.4 Å². The van der Waals surface area contributed by atoms with Gasteiger partial charge in [-0.15, -0.1) is 0 Å². The molecule has 0 aliphatic carbocycles. The third-order valence-corrected chi connectivity index (χ3v) is 7.74. The van der Waals surface area contributed by atoms with Gasteiger partial charge in [0.2, 0.25) is 11.8 Å². The van der Waals surface area contributed by atoms with Crippen LogP contribution in [0.2, 0.25) is 0 Å². The smallest absolute Gasteiger partial charge is 0.317 e. The molecule has 0 bridgehead atoms. The normalized spacial score (nSPS) is 18.0. The van der Waals surface area contributed by atoms with E-state index in [1.807, 2.05) is 69.8 Å². The van der Waals surface area contributed by atoms with Crippen molar-refractivity contribution in [2.75, 3.05) is 32.1 Å². The van der Waals surface area contributed by atoms with Crippen LogP contribution in [0.3, 0.4) is 0 Å². The number of para-hydroxylation sites is 1. The molecule has 3 aromatic rings. The van der Waals surface area contributed by atoms with Gasteiger partial charge in [-0.25, -0.2) is 4.79 Å². The fourth-order valence-corrected chi connectivity index (χ4v) is 5.38. The third-order valence-electron chi connectivity index (χ3n) is 7.74. The first-order valence-electron chi connectivity index (χ1n) is 14.5. The number of anilines is 1.